The van der Waals surface area contributed by atoms with E-state index in [1.807, 2.05) is 0 Å². The summed E-state index contributed by atoms with van der Waals surface area (Å²) in [5.74, 6) is -0.375. The maximum atomic E-state index is 12.3. The average Bonchev–Trinajstić information content (AvgIpc) is 3.11. The van der Waals surface area contributed by atoms with Crippen molar-refractivity contribution >= 4 is 51.5 Å². The number of benzene rings is 3. The van der Waals surface area contributed by atoms with Crippen molar-refractivity contribution in [3.8, 4) is 5.69 Å². The summed E-state index contributed by atoms with van der Waals surface area (Å²) in [6.07, 6.45) is 0. The Morgan fingerprint density at radius 2 is 1.48 bits per heavy atom. The van der Waals surface area contributed by atoms with Crippen molar-refractivity contribution in [3.63, 3.8) is 0 Å². The van der Waals surface area contributed by atoms with Crippen molar-refractivity contribution in [1.29, 1.82) is 0 Å². The van der Waals surface area contributed by atoms with Crippen LogP contribution in [0.3, 0.4) is 0 Å². The number of hydrogen-bond acceptors (Lipinski definition) is 5. The summed E-state index contributed by atoms with van der Waals surface area (Å²) in [5, 5.41) is 23.0. The lowest BCUT2D eigenvalue weighted by Crippen LogP contribution is -2.12. The van der Waals surface area contributed by atoms with Gasteiger partial charge in [-0.2, -0.15) is 4.80 Å². The van der Waals surface area contributed by atoms with E-state index in [9.17, 15) is 14.9 Å². The van der Waals surface area contributed by atoms with Crippen molar-refractivity contribution in [2.24, 2.45) is 0 Å². The third-order valence-electron chi connectivity index (χ3n) is 4.12. The van der Waals surface area contributed by atoms with Crippen molar-refractivity contribution in [1.82, 2.24) is 15.0 Å². The van der Waals surface area contributed by atoms with E-state index in [0.29, 0.717) is 38.0 Å². The predicted molar refractivity (Wildman–Crippen MR) is 110 cm³/mol. The van der Waals surface area contributed by atoms with Crippen LogP contribution in [0.4, 0.5) is 11.4 Å². The fourth-order valence-corrected chi connectivity index (χ4v) is 2.96. The molecule has 10 heteroatoms. The molecule has 0 unspecified atom stereocenters. The minimum Gasteiger partial charge on any atom is -0.322 e. The predicted octanol–water partition coefficient (Wildman–Crippen LogP) is 4.89. The smallest absolute Gasteiger partial charge is 0.269 e. The summed E-state index contributed by atoms with van der Waals surface area (Å²) < 4.78 is 0. The second-order valence-corrected chi connectivity index (χ2v) is 6.86. The monoisotopic (exact) mass is 427 g/mol. The number of anilines is 1. The van der Waals surface area contributed by atoms with E-state index in [0.717, 1.165) is 0 Å². The Balaban J connectivity index is 1.52. The van der Waals surface area contributed by atoms with Gasteiger partial charge in [0.15, 0.2) is 0 Å². The first-order valence-electron chi connectivity index (χ1n) is 8.29. The highest BCUT2D eigenvalue weighted by atomic mass is 35.5. The maximum absolute atomic E-state index is 12.3. The number of carbonyl (C=O) groups excluding carboxylic acids is 1. The molecule has 1 heterocycles. The van der Waals surface area contributed by atoms with Crippen LogP contribution in [0, 0.1) is 10.1 Å². The van der Waals surface area contributed by atoms with Crippen LogP contribution in [0.5, 0.6) is 0 Å². The lowest BCUT2D eigenvalue weighted by Gasteiger charge is -2.06. The van der Waals surface area contributed by atoms with Gasteiger partial charge < -0.3 is 5.32 Å². The molecule has 1 amide bonds. The standard InChI is InChI=1S/C19H11Cl2N5O3/c20-15-9-17-18(10-16(15)21)24-25(23-17)13-7-3-12(4-8-13)22-19(27)11-1-5-14(6-2-11)26(28)29/h1-10H,(H,22,27). The summed E-state index contributed by atoms with van der Waals surface area (Å²) in [4.78, 5) is 23.9. The molecule has 0 bridgehead atoms. The van der Waals surface area contributed by atoms with E-state index < -0.39 is 4.92 Å². The van der Waals surface area contributed by atoms with Crippen LogP contribution in [-0.2, 0) is 0 Å². The quantitative estimate of drug-likeness (QED) is 0.368. The number of halogens is 2. The molecule has 144 valence electrons. The van der Waals surface area contributed by atoms with Gasteiger partial charge in [0.05, 0.1) is 20.7 Å². The summed E-state index contributed by atoms with van der Waals surface area (Å²) in [6, 6.07) is 15.5. The van der Waals surface area contributed by atoms with E-state index in [1.165, 1.54) is 29.1 Å². The van der Waals surface area contributed by atoms with E-state index in [1.54, 1.807) is 36.4 Å². The molecule has 29 heavy (non-hydrogen) atoms. The van der Waals surface area contributed by atoms with Gasteiger partial charge in [0.25, 0.3) is 11.6 Å². The minimum absolute atomic E-state index is 0.0763. The molecule has 0 aliphatic heterocycles. The Hall–Kier alpha value is -3.49. The van der Waals surface area contributed by atoms with Gasteiger partial charge >= 0.3 is 0 Å². The summed E-state index contributed by atoms with van der Waals surface area (Å²) in [6.45, 7) is 0. The Bertz CT molecular complexity index is 1200. The largest absolute Gasteiger partial charge is 0.322 e. The number of amides is 1. The Labute approximate surface area is 173 Å². The maximum Gasteiger partial charge on any atom is 0.269 e. The molecular weight excluding hydrogens is 417 g/mol. The number of nitrogens with zero attached hydrogens (tertiary/aromatic N) is 4. The molecule has 4 rings (SSSR count). The van der Waals surface area contributed by atoms with Gasteiger partial charge in [-0.3, -0.25) is 14.9 Å². The molecule has 4 aromatic rings. The lowest BCUT2D eigenvalue weighted by atomic mass is 10.2. The van der Waals surface area contributed by atoms with Crippen LogP contribution in [0.25, 0.3) is 16.7 Å². The van der Waals surface area contributed by atoms with Gasteiger partial charge in [0.1, 0.15) is 11.0 Å². The van der Waals surface area contributed by atoms with Gasteiger partial charge in [0.2, 0.25) is 0 Å². The van der Waals surface area contributed by atoms with Crippen LogP contribution in [0.1, 0.15) is 10.4 Å². The topological polar surface area (TPSA) is 103 Å². The molecule has 0 atom stereocenters. The molecule has 1 aromatic heterocycles. The molecule has 0 fully saturated rings. The van der Waals surface area contributed by atoms with Gasteiger partial charge in [0, 0.05) is 23.4 Å². The molecule has 0 aliphatic rings. The Morgan fingerprint density at radius 1 is 0.931 bits per heavy atom. The summed E-state index contributed by atoms with van der Waals surface area (Å²) in [7, 11) is 0. The summed E-state index contributed by atoms with van der Waals surface area (Å²) in [5.41, 5.74) is 2.69. The molecule has 3 aromatic carbocycles. The average molecular weight is 428 g/mol. The Kier molecular flexibility index (Phi) is 4.87. The zero-order valence-corrected chi connectivity index (χ0v) is 16.1. The molecule has 0 aliphatic carbocycles. The van der Waals surface area contributed by atoms with Gasteiger partial charge in [-0.25, -0.2) is 0 Å². The number of rotatable bonds is 4. The number of non-ortho nitro benzene ring substituents is 1. The number of fused-ring (bicyclic) bond motifs is 1. The first kappa shape index (κ1) is 18.9. The van der Waals surface area contributed by atoms with Crippen LogP contribution >= 0.6 is 23.2 Å². The van der Waals surface area contributed by atoms with E-state index in [2.05, 4.69) is 15.5 Å². The van der Waals surface area contributed by atoms with Crippen LogP contribution in [-0.4, -0.2) is 25.8 Å². The molecular formula is C19H11Cl2N5O3. The number of nitro benzene ring substituents is 1. The lowest BCUT2D eigenvalue weighted by molar-refractivity contribution is -0.384. The van der Waals surface area contributed by atoms with Crippen molar-refractivity contribution in [2.75, 3.05) is 5.32 Å². The number of hydrogen-bond donors (Lipinski definition) is 1. The zero-order valence-electron chi connectivity index (χ0n) is 14.5. The third kappa shape index (κ3) is 3.89. The van der Waals surface area contributed by atoms with Gasteiger partial charge in [-0.05, 0) is 48.5 Å². The normalized spacial score (nSPS) is 10.8. The van der Waals surface area contributed by atoms with Crippen LogP contribution < -0.4 is 5.32 Å². The molecule has 1 N–H and O–H groups in total. The number of nitrogens with one attached hydrogen (secondary N) is 1. The number of aromatic nitrogens is 3. The molecule has 0 radical (unpaired) electrons. The Morgan fingerprint density at radius 3 is 2.00 bits per heavy atom. The van der Waals surface area contributed by atoms with E-state index in [-0.39, 0.29) is 11.6 Å². The van der Waals surface area contributed by atoms with Crippen molar-refractivity contribution in [2.45, 2.75) is 0 Å². The number of carbonyl (C=O) groups is 1. The first-order valence-corrected chi connectivity index (χ1v) is 9.05. The van der Waals surface area contributed by atoms with Crippen molar-refractivity contribution in [3.05, 3.63) is 86.4 Å². The third-order valence-corrected chi connectivity index (χ3v) is 4.84. The van der Waals surface area contributed by atoms with E-state index in [4.69, 9.17) is 23.2 Å². The SMILES string of the molecule is O=C(Nc1ccc(-n2nc3cc(Cl)c(Cl)cc3n2)cc1)c1ccc([N+](=O)[O-])cc1. The minimum atomic E-state index is -0.519. The molecule has 8 nitrogen and oxygen atoms in total. The molecule has 0 saturated carbocycles. The van der Waals surface area contributed by atoms with E-state index >= 15 is 0 Å². The fourth-order valence-electron chi connectivity index (χ4n) is 2.64. The van der Waals surface area contributed by atoms with Crippen molar-refractivity contribution < 1.29 is 9.72 Å². The van der Waals surface area contributed by atoms with Crippen LogP contribution in [0.2, 0.25) is 10.0 Å². The van der Waals surface area contributed by atoms with Gasteiger partial charge in [-0.15, -0.1) is 10.2 Å². The summed E-state index contributed by atoms with van der Waals surface area (Å²) >= 11 is 12.0. The fraction of sp³-hybridized carbons (Fsp3) is 0. The highest BCUT2D eigenvalue weighted by molar-refractivity contribution is 6.42. The van der Waals surface area contributed by atoms with Gasteiger partial charge in [-0.1, -0.05) is 23.2 Å². The highest BCUT2D eigenvalue weighted by Crippen LogP contribution is 2.26. The molecule has 0 saturated heterocycles. The zero-order chi connectivity index (χ0) is 20.5. The highest BCUT2D eigenvalue weighted by Gasteiger charge is 2.11. The second kappa shape index (κ2) is 7.50. The second-order valence-electron chi connectivity index (χ2n) is 6.05. The van der Waals surface area contributed by atoms with Crippen LogP contribution in [0.15, 0.2) is 60.7 Å². The number of nitro groups is 1. The first-order chi connectivity index (χ1) is 13.9. The molecule has 0 spiro atoms.